The van der Waals surface area contributed by atoms with Gasteiger partial charge < -0.3 is 10.4 Å². The number of piperidine rings is 1. The number of rotatable bonds is 4. The van der Waals surface area contributed by atoms with Gasteiger partial charge in [0, 0.05) is 31.2 Å². The van der Waals surface area contributed by atoms with Crippen LogP contribution in [0, 0.1) is 21.4 Å². The van der Waals surface area contributed by atoms with Crippen molar-refractivity contribution in [2.45, 2.75) is 56.7 Å². The lowest BCUT2D eigenvalue weighted by Gasteiger charge is -2.41. The molecular weight excluding hydrogens is 320 g/mol. The maximum Gasteiger partial charge on any atom is 0.293 e. The van der Waals surface area contributed by atoms with Crippen LogP contribution in [0.5, 0.6) is 0 Å². The lowest BCUT2D eigenvalue weighted by Crippen LogP contribution is -2.50. The van der Waals surface area contributed by atoms with E-state index in [-0.39, 0.29) is 23.9 Å². The molecule has 2 fully saturated rings. The van der Waals surface area contributed by atoms with Crippen molar-refractivity contribution in [3.63, 3.8) is 0 Å². The van der Waals surface area contributed by atoms with Crippen LogP contribution in [-0.4, -0.2) is 46.2 Å². The van der Waals surface area contributed by atoms with E-state index in [0.29, 0.717) is 11.3 Å². The van der Waals surface area contributed by atoms with Crippen molar-refractivity contribution in [2.24, 2.45) is 0 Å². The van der Waals surface area contributed by atoms with Crippen LogP contribution in [0.1, 0.15) is 44.1 Å². The summed E-state index contributed by atoms with van der Waals surface area (Å²) in [5.74, 6) is 0. The summed E-state index contributed by atoms with van der Waals surface area (Å²) in [6, 6.07) is 6.90. The summed E-state index contributed by atoms with van der Waals surface area (Å²) in [5.41, 5.74) is 0.711. The van der Waals surface area contributed by atoms with Crippen molar-refractivity contribution in [2.75, 3.05) is 18.4 Å². The molecule has 7 nitrogen and oxygen atoms in total. The molecule has 0 spiro atoms. The first kappa shape index (κ1) is 17.6. The number of hydrogen-bond donors (Lipinski definition) is 2. The average molecular weight is 344 g/mol. The number of benzene rings is 1. The quantitative estimate of drug-likeness (QED) is 0.643. The van der Waals surface area contributed by atoms with E-state index in [1.54, 1.807) is 12.1 Å². The minimum absolute atomic E-state index is 0.0517. The Labute approximate surface area is 147 Å². The lowest BCUT2D eigenvalue weighted by molar-refractivity contribution is -0.384. The fourth-order valence-corrected chi connectivity index (χ4v) is 3.99. The number of likely N-dealkylation sites (tertiary alicyclic amines) is 1. The average Bonchev–Trinajstić information content (AvgIpc) is 2.63. The number of nitrogens with one attached hydrogen (secondary N) is 1. The van der Waals surface area contributed by atoms with Gasteiger partial charge in [0.25, 0.3) is 5.69 Å². The Morgan fingerprint density at radius 1 is 1.24 bits per heavy atom. The van der Waals surface area contributed by atoms with Crippen LogP contribution in [0.4, 0.5) is 11.4 Å². The number of nitriles is 1. The molecule has 0 aromatic heterocycles. The molecule has 0 amide bonds. The van der Waals surface area contributed by atoms with Crippen molar-refractivity contribution in [1.82, 2.24) is 4.90 Å². The van der Waals surface area contributed by atoms with E-state index in [1.165, 1.54) is 12.5 Å². The van der Waals surface area contributed by atoms with E-state index in [4.69, 9.17) is 5.26 Å². The zero-order chi connectivity index (χ0) is 17.8. The molecular formula is C18H24N4O3. The molecule has 7 heteroatoms. The Morgan fingerprint density at radius 3 is 2.60 bits per heavy atom. The molecule has 134 valence electrons. The first-order valence-electron chi connectivity index (χ1n) is 8.95. The molecule has 3 rings (SSSR count). The van der Waals surface area contributed by atoms with Crippen LogP contribution in [0.2, 0.25) is 0 Å². The molecule has 2 aliphatic rings. The zero-order valence-corrected chi connectivity index (χ0v) is 14.2. The van der Waals surface area contributed by atoms with Crippen LogP contribution >= 0.6 is 0 Å². The van der Waals surface area contributed by atoms with Gasteiger partial charge in [-0.1, -0.05) is 12.8 Å². The van der Waals surface area contributed by atoms with Crippen LogP contribution in [0.25, 0.3) is 0 Å². The summed E-state index contributed by atoms with van der Waals surface area (Å²) in [6.45, 7) is 1.78. The Bertz CT molecular complexity index is 665. The van der Waals surface area contributed by atoms with Crippen LogP contribution in [0.15, 0.2) is 18.2 Å². The molecule has 2 unspecified atom stereocenters. The fourth-order valence-electron chi connectivity index (χ4n) is 3.99. The number of aliphatic hydroxyl groups is 1. The van der Waals surface area contributed by atoms with Gasteiger partial charge >= 0.3 is 0 Å². The Kier molecular flexibility index (Phi) is 5.51. The Balaban J connectivity index is 1.61. The largest absolute Gasteiger partial charge is 0.391 e. The van der Waals surface area contributed by atoms with Crippen LogP contribution in [-0.2, 0) is 0 Å². The van der Waals surface area contributed by atoms with E-state index in [0.717, 1.165) is 45.2 Å². The van der Waals surface area contributed by atoms with Gasteiger partial charge in [-0.15, -0.1) is 0 Å². The van der Waals surface area contributed by atoms with Crippen molar-refractivity contribution >= 4 is 11.4 Å². The second-order valence-electron chi connectivity index (χ2n) is 6.97. The molecule has 1 saturated carbocycles. The fraction of sp³-hybridized carbons (Fsp3) is 0.611. The molecule has 2 atom stereocenters. The van der Waals surface area contributed by atoms with Gasteiger partial charge in [0.2, 0.25) is 0 Å². The van der Waals surface area contributed by atoms with Crippen LogP contribution in [0.3, 0.4) is 0 Å². The third kappa shape index (κ3) is 4.09. The second-order valence-corrected chi connectivity index (χ2v) is 6.97. The van der Waals surface area contributed by atoms with Gasteiger partial charge in [-0.05, 0) is 37.8 Å². The van der Waals surface area contributed by atoms with Gasteiger partial charge in [0.1, 0.15) is 5.69 Å². The smallest absolute Gasteiger partial charge is 0.293 e. The van der Waals surface area contributed by atoms with E-state index in [1.807, 2.05) is 6.07 Å². The van der Waals surface area contributed by atoms with Crippen molar-refractivity contribution < 1.29 is 10.0 Å². The predicted octanol–water partition coefficient (Wildman–Crippen LogP) is 2.65. The van der Waals surface area contributed by atoms with Gasteiger partial charge in [0.15, 0.2) is 0 Å². The molecule has 1 aromatic rings. The highest BCUT2D eigenvalue weighted by atomic mass is 16.6. The summed E-state index contributed by atoms with van der Waals surface area (Å²) >= 11 is 0. The molecule has 0 bridgehead atoms. The molecule has 2 N–H and O–H groups in total. The first-order valence-corrected chi connectivity index (χ1v) is 8.95. The summed E-state index contributed by atoms with van der Waals surface area (Å²) in [5, 5.41) is 33.6. The highest BCUT2D eigenvalue weighted by molar-refractivity contribution is 5.64. The van der Waals surface area contributed by atoms with Crippen molar-refractivity contribution in [3.8, 4) is 6.07 Å². The summed E-state index contributed by atoms with van der Waals surface area (Å²) < 4.78 is 0. The van der Waals surface area contributed by atoms with Crippen molar-refractivity contribution in [3.05, 3.63) is 33.9 Å². The Hall–Kier alpha value is -2.17. The van der Waals surface area contributed by atoms with Gasteiger partial charge in [-0.2, -0.15) is 5.26 Å². The summed E-state index contributed by atoms with van der Waals surface area (Å²) in [7, 11) is 0. The number of nitro benzene ring substituents is 1. The topological polar surface area (TPSA) is 102 Å². The molecule has 0 radical (unpaired) electrons. The first-order chi connectivity index (χ1) is 12.1. The molecule has 1 aliphatic carbocycles. The monoisotopic (exact) mass is 344 g/mol. The number of aliphatic hydroxyl groups excluding tert-OH is 1. The highest BCUT2D eigenvalue weighted by Crippen LogP contribution is 2.30. The molecule has 1 aliphatic heterocycles. The standard InChI is InChI=1S/C18H24N4O3/c19-12-13-5-6-15(17(11-13)22(24)25)20-14-7-9-21(10-8-14)16-3-1-2-4-18(16)23/h5-6,11,14,16,18,20,23H,1-4,7-10H2. The molecule has 25 heavy (non-hydrogen) atoms. The SMILES string of the molecule is N#Cc1ccc(NC2CCN(C3CCCCC3O)CC2)c([N+](=O)[O-])c1. The van der Waals surface area contributed by atoms with Crippen molar-refractivity contribution in [1.29, 1.82) is 5.26 Å². The number of nitrogens with zero attached hydrogens (tertiary/aromatic N) is 3. The minimum Gasteiger partial charge on any atom is -0.391 e. The maximum absolute atomic E-state index is 11.2. The van der Waals surface area contributed by atoms with Gasteiger partial charge in [-0.25, -0.2) is 0 Å². The number of hydrogen-bond acceptors (Lipinski definition) is 6. The normalized spacial score (nSPS) is 25.3. The van der Waals surface area contributed by atoms with Gasteiger partial charge in [-0.3, -0.25) is 15.0 Å². The number of anilines is 1. The van der Waals surface area contributed by atoms with E-state index in [2.05, 4.69) is 10.2 Å². The lowest BCUT2D eigenvalue weighted by atomic mass is 9.89. The van der Waals surface area contributed by atoms with Crippen LogP contribution < -0.4 is 5.32 Å². The summed E-state index contributed by atoms with van der Waals surface area (Å²) in [4.78, 5) is 13.2. The third-order valence-corrected chi connectivity index (χ3v) is 5.38. The maximum atomic E-state index is 11.2. The molecule has 1 aromatic carbocycles. The second kappa shape index (κ2) is 7.81. The molecule has 1 saturated heterocycles. The predicted molar refractivity (Wildman–Crippen MR) is 94.3 cm³/mol. The highest BCUT2D eigenvalue weighted by Gasteiger charge is 2.31. The summed E-state index contributed by atoms with van der Waals surface area (Å²) in [6.07, 6.45) is 5.79. The Morgan fingerprint density at radius 2 is 1.96 bits per heavy atom. The third-order valence-electron chi connectivity index (χ3n) is 5.38. The number of nitro groups is 1. The minimum atomic E-state index is -0.448. The van der Waals surface area contributed by atoms with E-state index < -0.39 is 4.92 Å². The molecule has 1 heterocycles. The van der Waals surface area contributed by atoms with E-state index >= 15 is 0 Å². The van der Waals surface area contributed by atoms with E-state index in [9.17, 15) is 15.2 Å². The zero-order valence-electron chi connectivity index (χ0n) is 14.2. The van der Waals surface area contributed by atoms with Gasteiger partial charge in [0.05, 0.1) is 22.7 Å².